The second-order valence-electron chi connectivity index (χ2n) is 5.14. The van der Waals surface area contributed by atoms with E-state index in [1.54, 1.807) is 29.1 Å². The Morgan fingerprint density at radius 2 is 1.85 bits per heavy atom. The lowest BCUT2D eigenvalue weighted by Gasteiger charge is -2.21. The summed E-state index contributed by atoms with van der Waals surface area (Å²) in [6.45, 7) is 0.265. The van der Waals surface area contributed by atoms with Gasteiger partial charge in [0.2, 0.25) is 6.54 Å². The summed E-state index contributed by atoms with van der Waals surface area (Å²) in [5.41, 5.74) is 2.54. The molecule has 1 fully saturated rings. The van der Waals surface area contributed by atoms with Crippen LogP contribution in [0.1, 0.15) is 42.5 Å². The number of nitrogens with one attached hydrogen (secondary N) is 2. The van der Waals surface area contributed by atoms with Gasteiger partial charge in [-0.1, -0.05) is 19.3 Å². The highest BCUT2D eigenvalue weighted by Gasteiger charge is 2.18. The van der Waals surface area contributed by atoms with E-state index in [0.29, 0.717) is 11.6 Å². The first-order valence-corrected chi connectivity index (χ1v) is 6.98. The highest BCUT2D eigenvalue weighted by molar-refractivity contribution is 5.93. The Balaban J connectivity index is 1.85. The molecule has 0 bridgehead atoms. The van der Waals surface area contributed by atoms with Gasteiger partial charge >= 0.3 is 0 Å². The average molecular weight is 277 g/mol. The van der Waals surface area contributed by atoms with Gasteiger partial charge in [0.25, 0.3) is 11.8 Å². The van der Waals surface area contributed by atoms with Crippen molar-refractivity contribution in [3.63, 3.8) is 0 Å². The number of hydrogen-bond acceptors (Lipinski definition) is 3. The molecule has 2 amide bonds. The molecule has 0 unspecified atom stereocenters. The number of carbonyl (C=O) groups is 2. The highest BCUT2D eigenvalue weighted by atomic mass is 16.2. The lowest BCUT2D eigenvalue weighted by molar-refractivity contribution is -0.684. The third-order valence-corrected chi connectivity index (χ3v) is 3.58. The van der Waals surface area contributed by atoms with Crippen LogP contribution >= 0.6 is 0 Å². The summed E-state index contributed by atoms with van der Waals surface area (Å²) in [4.78, 5) is 23.2. The number of nitrogens with two attached hydrogens (primary N) is 1. The quantitative estimate of drug-likeness (QED) is 0.314. The van der Waals surface area contributed by atoms with Gasteiger partial charge < -0.3 is 5.32 Å². The van der Waals surface area contributed by atoms with Crippen LogP contribution in [0.25, 0.3) is 0 Å². The third-order valence-electron chi connectivity index (χ3n) is 3.58. The first-order chi connectivity index (χ1) is 9.69. The van der Waals surface area contributed by atoms with Crippen LogP contribution < -0.4 is 21.2 Å². The molecule has 6 nitrogen and oxygen atoms in total. The number of nitrogen functional groups attached to an aromatic ring is 1. The first kappa shape index (κ1) is 14.5. The Hall–Kier alpha value is -1.95. The molecule has 108 valence electrons. The summed E-state index contributed by atoms with van der Waals surface area (Å²) < 4.78 is 1.74. The Morgan fingerprint density at radius 1 is 1.20 bits per heavy atom. The van der Waals surface area contributed by atoms with E-state index in [-0.39, 0.29) is 18.4 Å². The minimum atomic E-state index is -0.344. The van der Waals surface area contributed by atoms with Crippen molar-refractivity contribution in [3.8, 4) is 0 Å². The van der Waals surface area contributed by atoms with E-state index in [0.717, 1.165) is 12.8 Å². The summed E-state index contributed by atoms with van der Waals surface area (Å²) in [6, 6.07) is 3.59. The van der Waals surface area contributed by atoms with Crippen molar-refractivity contribution in [1.82, 2.24) is 10.7 Å². The molecule has 1 heterocycles. The SMILES string of the molecule is NNC(=O)c1cc[n+](CC(=O)NC2CCCCC2)cc1. The molecule has 0 radical (unpaired) electrons. The van der Waals surface area contributed by atoms with E-state index in [4.69, 9.17) is 5.84 Å². The van der Waals surface area contributed by atoms with Crippen LogP contribution in [0.5, 0.6) is 0 Å². The van der Waals surface area contributed by atoms with Gasteiger partial charge in [-0.05, 0) is 12.8 Å². The van der Waals surface area contributed by atoms with Crippen molar-refractivity contribution < 1.29 is 14.2 Å². The van der Waals surface area contributed by atoms with Gasteiger partial charge in [-0.3, -0.25) is 15.0 Å². The summed E-state index contributed by atoms with van der Waals surface area (Å²) in [6.07, 6.45) is 9.21. The van der Waals surface area contributed by atoms with Crippen LogP contribution in [0.2, 0.25) is 0 Å². The fourth-order valence-electron chi connectivity index (χ4n) is 2.48. The largest absolute Gasteiger partial charge is 0.348 e. The zero-order valence-corrected chi connectivity index (χ0v) is 11.5. The van der Waals surface area contributed by atoms with E-state index >= 15 is 0 Å². The second kappa shape index (κ2) is 7.00. The summed E-state index contributed by atoms with van der Waals surface area (Å²) in [5.74, 6) is 4.72. The lowest BCUT2D eigenvalue weighted by Crippen LogP contribution is -2.46. The molecule has 0 saturated heterocycles. The number of aromatic nitrogens is 1. The number of hydrazine groups is 1. The van der Waals surface area contributed by atoms with Crippen LogP contribution in [0.15, 0.2) is 24.5 Å². The minimum absolute atomic E-state index is 0.0120. The maximum Gasteiger partial charge on any atom is 0.286 e. The Kier molecular flexibility index (Phi) is 5.06. The summed E-state index contributed by atoms with van der Waals surface area (Å²) in [7, 11) is 0. The fourth-order valence-corrected chi connectivity index (χ4v) is 2.48. The predicted octanol–water partition coefficient (Wildman–Crippen LogP) is 0.0265. The van der Waals surface area contributed by atoms with E-state index in [2.05, 4.69) is 10.7 Å². The molecule has 0 atom stereocenters. The zero-order chi connectivity index (χ0) is 14.4. The van der Waals surface area contributed by atoms with Gasteiger partial charge in [-0.25, -0.2) is 5.84 Å². The molecule has 0 aliphatic heterocycles. The zero-order valence-electron chi connectivity index (χ0n) is 11.5. The Morgan fingerprint density at radius 3 is 2.45 bits per heavy atom. The van der Waals surface area contributed by atoms with Crippen LogP contribution in [-0.2, 0) is 11.3 Å². The number of pyridine rings is 1. The van der Waals surface area contributed by atoms with Gasteiger partial charge in [0.1, 0.15) is 0 Å². The fraction of sp³-hybridized carbons (Fsp3) is 0.500. The van der Waals surface area contributed by atoms with Crippen LogP contribution in [0.3, 0.4) is 0 Å². The van der Waals surface area contributed by atoms with Gasteiger partial charge in [0.05, 0.1) is 5.56 Å². The maximum absolute atomic E-state index is 11.9. The summed E-state index contributed by atoms with van der Waals surface area (Å²) in [5, 5.41) is 3.06. The first-order valence-electron chi connectivity index (χ1n) is 6.98. The number of amides is 2. The lowest BCUT2D eigenvalue weighted by atomic mass is 9.95. The van der Waals surface area contributed by atoms with Gasteiger partial charge in [-0.2, -0.15) is 4.57 Å². The van der Waals surface area contributed by atoms with Gasteiger partial charge in [0.15, 0.2) is 12.4 Å². The number of hydrogen-bond donors (Lipinski definition) is 3. The molecular weight excluding hydrogens is 256 g/mol. The standard InChI is InChI=1S/C14H20N4O2/c15-17-14(20)11-6-8-18(9-7-11)10-13(19)16-12-4-2-1-3-5-12/h6-9,12,15H,1-5,10H2,(H2,16,19,20)/p+1. The Bertz CT molecular complexity index is 467. The van der Waals surface area contributed by atoms with Crippen molar-refractivity contribution >= 4 is 11.8 Å². The molecule has 0 aromatic carbocycles. The van der Waals surface area contributed by atoms with Crippen LogP contribution in [0.4, 0.5) is 0 Å². The molecule has 6 heteroatoms. The third kappa shape index (κ3) is 4.03. The normalized spacial score (nSPS) is 15.7. The van der Waals surface area contributed by atoms with Gasteiger partial charge in [0, 0.05) is 18.2 Å². The predicted molar refractivity (Wildman–Crippen MR) is 73.3 cm³/mol. The number of rotatable bonds is 4. The van der Waals surface area contributed by atoms with Crippen molar-refractivity contribution in [2.75, 3.05) is 0 Å². The topological polar surface area (TPSA) is 88.1 Å². The van der Waals surface area contributed by atoms with E-state index < -0.39 is 0 Å². The molecule has 1 aliphatic carbocycles. The molecule has 2 rings (SSSR count). The molecule has 1 aliphatic rings. The monoisotopic (exact) mass is 277 g/mol. The molecule has 1 aromatic rings. The highest BCUT2D eigenvalue weighted by Crippen LogP contribution is 2.17. The molecule has 1 aromatic heterocycles. The number of carbonyl (C=O) groups excluding carboxylic acids is 2. The summed E-state index contributed by atoms with van der Waals surface area (Å²) >= 11 is 0. The minimum Gasteiger partial charge on any atom is -0.348 e. The van der Waals surface area contributed by atoms with Crippen LogP contribution in [0, 0.1) is 0 Å². The molecule has 20 heavy (non-hydrogen) atoms. The number of nitrogens with zero attached hydrogens (tertiary/aromatic N) is 1. The van der Waals surface area contributed by atoms with E-state index in [1.165, 1.54) is 19.3 Å². The van der Waals surface area contributed by atoms with Crippen LogP contribution in [-0.4, -0.2) is 17.9 Å². The Labute approximate surface area is 118 Å². The van der Waals surface area contributed by atoms with E-state index in [1.807, 2.05) is 0 Å². The van der Waals surface area contributed by atoms with E-state index in [9.17, 15) is 9.59 Å². The van der Waals surface area contributed by atoms with Gasteiger partial charge in [-0.15, -0.1) is 0 Å². The molecular formula is C14H21N4O2+. The average Bonchev–Trinajstić information content (AvgIpc) is 2.48. The van der Waals surface area contributed by atoms with Crippen molar-refractivity contribution in [1.29, 1.82) is 0 Å². The molecule has 4 N–H and O–H groups in total. The molecule has 1 saturated carbocycles. The smallest absolute Gasteiger partial charge is 0.286 e. The van der Waals surface area contributed by atoms with Crippen molar-refractivity contribution in [2.45, 2.75) is 44.7 Å². The maximum atomic E-state index is 11.9. The van der Waals surface area contributed by atoms with Crippen molar-refractivity contribution in [3.05, 3.63) is 30.1 Å². The molecule has 0 spiro atoms. The second-order valence-corrected chi connectivity index (χ2v) is 5.14. The van der Waals surface area contributed by atoms with Crippen molar-refractivity contribution in [2.24, 2.45) is 5.84 Å².